The van der Waals surface area contributed by atoms with Crippen molar-refractivity contribution in [3.63, 3.8) is 0 Å². The van der Waals surface area contributed by atoms with Gasteiger partial charge < -0.3 is 10.8 Å². The smallest absolute Gasteiger partial charge is 0.335 e. The summed E-state index contributed by atoms with van der Waals surface area (Å²) < 4.78 is 0. The molecule has 0 aliphatic heterocycles. The molecule has 0 radical (unpaired) electrons. The summed E-state index contributed by atoms with van der Waals surface area (Å²) in [4.78, 5) is 11.1. The summed E-state index contributed by atoms with van der Waals surface area (Å²) in [5.41, 5.74) is 7.79. The van der Waals surface area contributed by atoms with Gasteiger partial charge in [-0.3, -0.25) is 0 Å². The SMILES string of the molecule is CC(C)c1ccc(CCCN)c(C(=O)O)c1. The highest BCUT2D eigenvalue weighted by Crippen LogP contribution is 2.20. The quantitative estimate of drug-likeness (QED) is 0.802. The third-order valence-electron chi connectivity index (χ3n) is 2.68. The van der Waals surface area contributed by atoms with E-state index in [0.29, 0.717) is 18.0 Å². The molecule has 0 heterocycles. The molecule has 0 aliphatic carbocycles. The molecule has 1 aromatic carbocycles. The van der Waals surface area contributed by atoms with E-state index in [1.54, 1.807) is 6.07 Å². The maximum atomic E-state index is 11.1. The molecule has 3 nitrogen and oxygen atoms in total. The van der Waals surface area contributed by atoms with Gasteiger partial charge in [0.25, 0.3) is 0 Å². The van der Waals surface area contributed by atoms with Gasteiger partial charge in [-0.2, -0.15) is 0 Å². The van der Waals surface area contributed by atoms with Crippen molar-refractivity contribution < 1.29 is 9.90 Å². The van der Waals surface area contributed by atoms with E-state index in [2.05, 4.69) is 13.8 Å². The molecular formula is C13H19NO2. The second kappa shape index (κ2) is 5.66. The van der Waals surface area contributed by atoms with Gasteiger partial charge in [-0.15, -0.1) is 0 Å². The Morgan fingerprint density at radius 3 is 2.62 bits per heavy atom. The zero-order valence-corrected chi connectivity index (χ0v) is 9.86. The first-order valence-electron chi connectivity index (χ1n) is 5.62. The van der Waals surface area contributed by atoms with Crippen molar-refractivity contribution in [2.75, 3.05) is 6.54 Å². The largest absolute Gasteiger partial charge is 0.478 e. The van der Waals surface area contributed by atoms with Crippen molar-refractivity contribution in [3.05, 3.63) is 34.9 Å². The normalized spacial score (nSPS) is 10.8. The number of rotatable bonds is 5. The van der Waals surface area contributed by atoms with Crippen molar-refractivity contribution >= 4 is 5.97 Å². The van der Waals surface area contributed by atoms with Gasteiger partial charge in [0.05, 0.1) is 5.56 Å². The fraction of sp³-hybridized carbons (Fsp3) is 0.462. The lowest BCUT2D eigenvalue weighted by molar-refractivity contribution is 0.0695. The van der Waals surface area contributed by atoms with Gasteiger partial charge in [0, 0.05) is 0 Å². The molecule has 88 valence electrons. The third-order valence-corrected chi connectivity index (χ3v) is 2.68. The van der Waals surface area contributed by atoms with Crippen LogP contribution in [0.1, 0.15) is 47.7 Å². The van der Waals surface area contributed by atoms with E-state index in [1.165, 1.54) is 0 Å². The minimum absolute atomic E-state index is 0.349. The van der Waals surface area contributed by atoms with Gasteiger partial charge in [0.2, 0.25) is 0 Å². The average molecular weight is 221 g/mol. The number of carbonyl (C=O) groups is 1. The fourth-order valence-corrected chi connectivity index (χ4v) is 1.66. The standard InChI is InChI=1S/C13H19NO2/c1-9(2)11-6-5-10(4-3-7-14)12(8-11)13(15)16/h5-6,8-9H,3-4,7,14H2,1-2H3,(H,15,16). The van der Waals surface area contributed by atoms with Crippen LogP contribution in [0.4, 0.5) is 0 Å². The first-order valence-corrected chi connectivity index (χ1v) is 5.62. The molecule has 0 saturated carbocycles. The number of benzene rings is 1. The van der Waals surface area contributed by atoms with Crippen LogP contribution in [-0.2, 0) is 6.42 Å². The summed E-state index contributed by atoms with van der Waals surface area (Å²) in [5.74, 6) is -0.504. The van der Waals surface area contributed by atoms with Crippen molar-refractivity contribution in [3.8, 4) is 0 Å². The van der Waals surface area contributed by atoms with Gasteiger partial charge in [-0.1, -0.05) is 26.0 Å². The molecule has 3 heteroatoms. The summed E-state index contributed by atoms with van der Waals surface area (Å²) in [6, 6.07) is 5.69. The van der Waals surface area contributed by atoms with Crippen molar-refractivity contribution in [2.45, 2.75) is 32.6 Å². The molecular weight excluding hydrogens is 202 g/mol. The Morgan fingerprint density at radius 1 is 1.44 bits per heavy atom. The lowest BCUT2D eigenvalue weighted by atomic mass is 9.95. The van der Waals surface area contributed by atoms with Crippen LogP contribution in [0.3, 0.4) is 0 Å². The van der Waals surface area contributed by atoms with Crippen LogP contribution in [-0.4, -0.2) is 17.6 Å². The maximum Gasteiger partial charge on any atom is 0.335 e. The van der Waals surface area contributed by atoms with E-state index in [0.717, 1.165) is 24.0 Å². The molecule has 0 bridgehead atoms. The zero-order chi connectivity index (χ0) is 12.1. The average Bonchev–Trinajstić information content (AvgIpc) is 2.25. The molecule has 16 heavy (non-hydrogen) atoms. The van der Waals surface area contributed by atoms with Crippen LogP contribution < -0.4 is 5.73 Å². The lowest BCUT2D eigenvalue weighted by Crippen LogP contribution is -2.07. The minimum Gasteiger partial charge on any atom is -0.478 e. The molecule has 0 saturated heterocycles. The molecule has 3 N–H and O–H groups in total. The second-order valence-corrected chi connectivity index (χ2v) is 4.27. The number of carboxylic acid groups (broad SMARTS) is 1. The Bertz CT molecular complexity index is 372. The van der Waals surface area contributed by atoms with E-state index in [1.807, 2.05) is 12.1 Å². The maximum absolute atomic E-state index is 11.1. The van der Waals surface area contributed by atoms with Crippen LogP contribution in [0.5, 0.6) is 0 Å². The number of nitrogens with two attached hydrogens (primary N) is 1. The Kier molecular flexibility index (Phi) is 4.50. The van der Waals surface area contributed by atoms with Crippen molar-refractivity contribution in [2.24, 2.45) is 5.73 Å². The lowest BCUT2D eigenvalue weighted by Gasteiger charge is -2.10. The fourth-order valence-electron chi connectivity index (χ4n) is 1.66. The highest BCUT2D eigenvalue weighted by atomic mass is 16.4. The first kappa shape index (κ1) is 12.7. The highest BCUT2D eigenvalue weighted by molar-refractivity contribution is 5.89. The van der Waals surface area contributed by atoms with Gasteiger partial charge in [0.15, 0.2) is 0 Å². The molecule has 1 aromatic rings. The van der Waals surface area contributed by atoms with E-state index in [9.17, 15) is 4.79 Å². The van der Waals surface area contributed by atoms with E-state index in [-0.39, 0.29) is 0 Å². The number of carboxylic acids is 1. The van der Waals surface area contributed by atoms with Gasteiger partial charge in [0.1, 0.15) is 0 Å². The predicted octanol–water partition coefficient (Wildman–Crippen LogP) is 2.40. The number of hydrogen-bond donors (Lipinski definition) is 2. The highest BCUT2D eigenvalue weighted by Gasteiger charge is 2.11. The van der Waals surface area contributed by atoms with Crippen LogP contribution in [0.2, 0.25) is 0 Å². The molecule has 0 aliphatic rings. The second-order valence-electron chi connectivity index (χ2n) is 4.27. The molecule has 0 fully saturated rings. The Balaban J connectivity index is 3.04. The van der Waals surface area contributed by atoms with Crippen LogP contribution in [0.25, 0.3) is 0 Å². The van der Waals surface area contributed by atoms with Crippen LogP contribution in [0.15, 0.2) is 18.2 Å². The Hall–Kier alpha value is -1.35. The Labute approximate surface area is 96.3 Å². The van der Waals surface area contributed by atoms with E-state index >= 15 is 0 Å². The number of aryl methyl sites for hydroxylation is 1. The predicted molar refractivity (Wildman–Crippen MR) is 64.9 cm³/mol. The van der Waals surface area contributed by atoms with Crippen LogP contribution >= 0.6 is 0 Å². The molecule has 0 amide bonds. The molecule has 1 rings (SSSR count). The summed E-state index contributed by atoms with van der Waals surface area (Å²) in [6.45, 7) is 4.70. The summed E-state index contributed by atoms with van der Waals surface area (Å²) in [7, 11) is 0. The Morgan fingerprint density at radius 2 is 2.12 bits per heavy atom. The van der Waals surface area contributed by atoms with Gasteiger partial charge >= 0.3 is 5.97 Å². The van der Waals surface area contributed by atoms with E-state index < -0.39 is 5.97 Å². The topological polar surface area (TPSA) is 63.3 Å². The monoisotopic (exact) mass is 221 g/mol. The van der Waals surface area contributed by atoms with Crippen molar-refractivity contribution in [1.29, 1.82) is 0 Å². The number of aromatic carboxylic acids is 1. The van der Waals surface area contributed by atoms with E-state index in [4.69, 9.17) is 10.8 Å². The van der Waals surface area contributed by atoms with Gasteiger partial charge in [-0.05, 0) is 42.5 Å². The van der Waals surface area contributed by atoms with Crippen molar-refractivity contribution in [1.82, 2.24) is 0 Å². The third kappa shape index (κ3) is 3.07. The molecule has 0 atom stereocenters. The zero-order valence-electron chi connectivity index (χ0n) is 9.86. The summed E-state index contributed by atoms with van der Waals surface area (Å²) in [5, 5.41) is 9.14. The molecule has 0 unspecified atom stereocenters. The molecule has 0 spiro atoms. The molecule has 0 aromatic heterocycles. The minimum atomic E-state index is -0.852. The first-order chi connectivity index (χ1) is 7.56. The van der Waals surface area contributed by atoms with Gasteiger partial charge in [-0.25, -0.2) is 4.79 Å². The summed E-state index contributed by atoms with van der Waals surface area (Å²) in [6.07, 6.45) is 1.55. The van der Waals surface area contributed by atoms with Crippen LogP contribution in [0, 0.1) is 0 Å². The number of hydrogen-bond acceptors (Lipinski definition) is 2. The summed E-state index contributed by atoms with van der Waals surface area (Å²) >= 11 is 0.